The van der Waals surface area contributed by atoms with Gasteiger partial charge >= 0.3 is 0 Å². The Labute approximate surface area is 229 Å². The molecule has 0 aliphatic carbocycles. The molecule has 5 rings (SSSR count). The van der Waals surface area contributed by atoms with Crippen LogP contribution in [0.1, 0.15) is 11.1 Å². The maximum Gasteiger partial charge on any atom is 0.194 e. The molecular weight excluding hydrogens is 561 g/mol. The Morgan fingerprint density at radius 3 is 2.38 bits per heavy atom. The first kappa shape index (κ1) is 27.4. The van der Waals surface area contributed by atoms with E-state index in [0.717, 1.165) is 16.8 Å². The van der Waals surface area contributed by atoms with Gasteiger partial charge in [0.1, 0.15) is 23.6 Å². The number of aromatic nitrogens is 6. The molecule has 1 unspecified atom stereocenters. The van der Waals surface area contributed by atoms with Crippen molar-refractivity contribution in [2.24, 2.45) is 0 Å². The van der Waals surface area contributed by atoms with Gasteiger partial charge in [-0.3, -0.25) is 4.98 Å². The summed E-state index contributed by atoms with van der Waals surface area (Å²) in [4.78, 5) is 12.3. The monoisotopic (exact) mass is 580 g/mol. The predicted octanol–water partition coefficient (Wildman–Crippen LogP) is 2.41. The van der Waals surface area contributed by atoms with E-state index in [4.69, 9.17) is 21.1 Å². The molecule has 3 aromatic heterocycles. The Balaban J connectivity index is 1.88. The number of alkyl halides is 1. The molecule has 1 aliphatic rings. The van der Waals surface area contributed by atoms with Gasteiger partial charge in [-0.25, -0.2) is 27.8 Å². The van der Waals surface area contributed by atoms with E-state index in [9.17, 15) is 23.4 Å². The Hall–Kier alpha value is -3.14. The first-order chi connectivity index (χ1) is 18.7. The minimum absolute atomic E-state index is 0.0936. The van der Waals surface area contributed by atoms with Gasteiger partial charge < -0.3 is 19.7 Å². The molecule has 204 valence electrons. The zero-order chi connectivity index (χ0) is 28.0. The molecule has 39 heavy (non-hydrogen) atoms. The van der Waals surface area contributed by atoms with Crippen LogP contribution in [0.4, 0.5) is 13.2 Å². The van der Waals surface area contributed by atoms with E-state index in [2.05, 4.69) is 37.9 Å². The smallest absolute Gasteiger partial charge is 0.194 e. The van der Waals surface area contributed by atoms with Gasteiger partial charge in [0.25, 0.3) is 0 Å². The van der Waals surface area contributed by atoms with Gasteiger partial charge in [0.05, 0.1) is 12.8 Å². The van der Waals surface area contributed by atoms with E-state index in [1.807, 2.05) is 0 Å². The standard InChI is InChI=1S/C24H20ClF3N6O4S/c1-37-24(15-8-30-12-31-9-15)21(39)38-22(25,11-35)20(36)23(24,14-3-2-4-29-7-14)34-10-18(32-33-34)13-5-16(26)19(28)17(27)6-13/h2-10,12,20-21,35-36,39H,11H2,1H3/t20-,21+,22+,23?,24-/m0/s1. The van der Waals surface area contributed by atoms with Gasteiger partial charge in [-0.1, -0.05) is 22.9 Å². The predicted molar refractivity (Wildman–Crippen MR) is 133 cm³/mol. The molecule has 4 heterocycles. The van der Waals surface area contributed by atoms with Crippen molar-refractivity contribution in [1.29, 1.82) is 0 Å². The number of halogens is 4. The molecule has 10 nitrogen and oxygen atoms in total. The van der Waals surface area contributed by atoms with Crippen LogP contribution < -0.4 is 0 Å². The van der Waals surface area contributed by atoms with E-state index >= 15 is 0 Å². The Morgan fingerprint density at radius 2 is 1.79 bits per heavy atom. The number of hydrogen-bond acceptors (Lipinski definition) is 10. The summed E-state index contributed by atoms with van der Waals surface area (Å²) in [6, 6.07) is 4.66. The van der Waals surface area contributed by atoms with Crippen molar-refractivity contribution >= 4 is 24.2 Å². The molecule has 1 aliphatic heterocycles. The average molecular weight is 581 g/mol. The molecule has 1 aromatic carbocycles. The van der Waals surface area contributed by atoms with Crippen LogP contribution in [0.25, 0.3) is 11.3 Å². The average Bonchev–Trinajstić information content (AvgIpc) is 3.45. The van der Waals surface area contributed by atoms with Gasteiger partial charge in [0.2, 0.25) is 0 Å². The zero-order valence-corrected chi connectivity index (χ0v) is 21.6. The van der Waals surface area contributed by atoms with Crippen LogP contribution in [0, 0.1) is 17.5 Å². The van der Waals surface area contributed by atoms with Crippen molar-refractivity contribution in [2.45, 2.75) is 27.7 Å². The van der Waals surface area contributed by atoms with E-state index in [0.29, 0.717) is 0 Å². The summed E-state index contributed by atoms with van der Waals surface area (Å²) in [5.41, 5.74) is -4.90. The molecule has 5 atom stereocenters. The third-order valence-electron chi connectivity index (χ3n) is 6.79. The Morgan fingerprint density at radius 1 is 1.13 bits per heavy atom. The normalized spacial score (nSPS) is 28.9. The fraction of sp³-hybridized carbons (Fsp3) is 0.292. The largest absolute Gasteiger partial charge is 0.392 e. The van der Waals surface area contributed by atoms with Gasteiger partial charge in [-0.2, -0.15) is 0 Å². The fourth-order valence-electron chi connectivity index (χ4n) is 5.05. The van der Waals surface area contributed by atoms with Crippen LogP contribution in [0.2, 0.25) is 0 Å². The van der Waals surface area contributed by atoms with E-state index in [1.54, 1.807) is 12.1 Å². The van der Waals surface area contributed by atoms with E-state index in [-0.39, 0.29) is 22.4 Å². The topological polar surface area (TPSA) is 128 Å². The van der Waals surface area contributed by atoms with Gasteiger partial charge in [0, 0.05) is 48.6 Å². The molecule has 1 saturated heterocycles. The van der Waals surface area contributed by atoms with Crippen LogP contribution in [0.5, 0.6) is 0 Å². The van der Waals surface area contributed by atoms with E-state index in [1.165, 1.54) is 44.4 Å². The number of nitrogens with zero attached hydrogens (tertiary/aromatic N) is 6. The molecule has 0 amide bonds. The summed E-state index contributed by atoms with van der Waals surface area (Å²) in [5, 5.41) is 28.4. The Bertz CT molecular complexity index is 1470. The second-order valence-corrected chi connectivity index (χ2v) is 9.80. The second-order valence-electron chi connectivity index (χ2n) is 8.69. The lowest BCUT2D eigenvalue weighted by Crippen LogP contribution is -2.75. The summed E-state index contributed by atoms with van der Waals surface area (Å²) in [6.45, 7) is -0.879. The quantitative estimate of drug-likeness (QED) is 0.179. The van der Waals surface area contributed by atoms with Crippen molar-refractivity contribution in [3.63, 3.8) is 0 Å². The highest BCUT2D eigenvalue weighted by Gasteiger charge is 2.73. The lowest BCUT2D eigenvalue weighted by Gasteiger charge is -2.60. The fourth-order valence-corrected chi connectivity index (χ4v) is 6.00. The third-order valence-corrected chi connectivity index (χ3v) is 7.67. The highest BCUT2D eigenvalue weighted by Crippen LogP contribution is 2.58. The number of rotatable bonds is 6. The van der Waals surface area contributed by atoms with Crippen molar-refractivity contribution in [3.05, 3.63) is 90.2 Å². The van der Waals surface area contributed by atoms with Crippen molar-refractivity contribution in [2.75, 3.05) is 13.7 Å². The molecule has 0 radical (unpaired) electrons. The molecule has 4 aromatic rings. The lowest BCUT2D eigenvalue weighted by molar-refractivity contribution is -0.283. The summed E-state index contributed by atoms with van der Waals surface area (Å²) in [5.74, 6) is -4.51. The number of hydrogen-bond donors (Lipinski definition) is 3. The third kappa shape index (κ3) is 3.93. The summed E-state index contributed by atoms with van der Waals surface area (Å²) in [7, 11) is 1.32. The molecule has 15 heteroatoms. The summed E-state index contributed by atoms with van der Waals surface area (Å²) < 4.78 is 54.9. The van der Waals surface area contributed by atoms with Gasteiger partial charge in [-0.05, 0) is 18.2 Å². The molecule has 1 fully saturated rings. The maximum absolute atomic E-state index is 14.1. The van der Waals surface area contributed by atoms with Crippen LogP contribution in [0.15, 0.2) is 61.6 Å². The molecule has 0 bridgehead atoms. The molecule has 0 spiro atoms. The number of aliphatic hydroxyl groups is 2. The van der Waals surface area contributed by atoms with Crippen LogP contribution in [-0.4, -0.2) is 70.5 Å². The summed E-state index contributed by atoms with van der Waals surface area (Å²) >= 11 is 11.3. The van der Waals surface area contributed by atoms with Crippen molar-refractivity contribution < 1.29 is 32.9 Å². The first-order valence-corrected chi connectivity index (χ1v) is 12.2. The molecule has 2 N–H and O–H groups in total. The minimum atomic E-state index is -2.17. The van der Waals surface area contributed by atoms with E-state index < -0.39 is 51.8 Å². The Kier molecular flexibility index (Phi) is 7.11. The highest BCUT2D eigenvalue weighted by molar-refractivity contribution is 7.80. The first-order valence-electron chi connectivity index (χ1n) is 11.3. The highest BCUT2D eigenvalue weighted by atomic mass is 35.5. The molecule has 0 saturated carbocycles. The number of pyridine rings is 1. The van der Waals surface area contributed by atoms with Gasteiger partial charge in [-0.15, -0.1) is 17.7 Å². The lowest BCUT2D eigenvalue weighted by atomic mass is 9.65. The zero-order valence-electron chi connectivity index (χ0n) is 20.0. The summed E-state index contributed by atoms with van der Waals surface area (Å²) in [6.07, 6.45) is 6.35. The second kappa shape index (κ2) is 10.1. The van der Waals surface area contributed by atoms with Crippen molar-refractivity contribution in [3.8, 4) is 11.3 Å². The number of methoxy groups -OCH3 is 1. The number of thiol groups is 1. The van der Waals surface area contributed by atoms with Crippen LogP contribution >= 0.6 is 24.2 Å². The number of ether oxygens (including phenoxy) is 2. The molecular formula is C24H20ClF3N6O4S. The maximum atomic E-state index is 14.1. The SMILES string of the molecule is CO[C@@]1(c2cncnc2)[C@@H](S)O[C@](Cl)(CO)[C@H](O)C1(c1cccnc1)n1cc(-c2cc(F)c(F)c(F)c2)nn1. The van der Waals surface area contributed by atoms with Gasteiger partial charge in [0.15, 0.2) is 33.7 Å². The number of benzene rings is 1. The van der Waals surface area contributed by atoms with Crippen LogP contribution in [-0.2, 0) is 20.6 Å². The van der Waals surface area contributed by atoms with Crippen LogP contribution in [0.3, 0.4) is 0 Å². The van der Waals surface area contributed by atoms with Crippen molar-refractivity contribution in [1.82, 2.24) is 29.9 Å². The number of aliphatic hydroxyl groups excluding tert-OH is 2. The minimum Gasteiger partial charge on any atom is -0.392 e.